The molecule has 0 fully saturated rings. The van der Waals surface area contributed by atoms with Gasteiger partial charge < -0.3 is 16.0 Å². The van der Waals surface area contributed by atoms with Crippen molar-refractivity contribution in [2.75, 3.05) is 5.73 Å². The minimum absolute atomic E-state index is 0.0478. The molecular formula is C14H13F3N4. The minimum atomic E-state index is -2.93. The van der Waals surface area contributed by atoms with Crippen LogP contribution >= 0.6 is 0 Å². The van der Waals surface area contributed by atoms with Gasteiger partial charge in [0.25, 0.3) is 6.43 Å². The third-order valence-electron chi connectivity index (χ3n) is 3.64. The van der Waals surface area contributed by atoms with Crippen molar-refractivity contribution in [3.63, 3.8) is 0 Å². The fourth-order valence-electron chi connectivity index (χ4n) is 2.61. The van der Waals surface area contributed by atoms with Gasteiger partial charge in [0.2, 0.25) is 0 Å². The molecule has 4 nitrogen and oxygen atoms in total. The molecule has 21 heavy (non-hydrogen) atoms. The van der Waals surface area contributed by atoms with Gasteiger partial charge in [0.05, 0.1) is 12.2 Å². The average molecular weight is 294 g/mol. The number of rotatable bonds is 2. The molecule has 1 aromatic heterocycles. The van der Waals surface area contributed by atoms with Crippen LogP contribution in [0, 0.1) is 5.82 Å². The molecule has 0 saturated heterocycles. The number of hydrogen-bond donors (Lipinski definition) is 2. The highest BCUT2D eigenvalue weighted by atomic mass is 19.3. The summed E-state index contributed by atoms with van der Waals surface area (Å²) in [5.41, 5.74) is 9.78. The quantitative estimate of drug-likeness (QED) is 0.833. The van der Waals surface area contributed by atoms with E-state index in [1.165, 1.54) is 16.7 Å². The van der Waals surface area contributed by atoms with Crippen LogP contribution in [0.15, 0.2) is 41.5 Å². The lowest BCUT2D eigenvalue weighted by atomic mass is 9.88. The van der Waals surface area contributed by atoms with Crippen molar-refractivity contribution in [3.8, 4) is 0 Å². The van der Waals surface area contributed by atoms with Crippen molar-refractivity contribution >= 4 is 11.5 Å². The summed E-state index contributed by atoms with van der Waals surface area (Å²) in [5.74, 6) is -0.829. The molecule has 110 valence electrons. The molecule has 1 aromatic carbocycles. The van der Waals surface area contributed by atoms with Crippen molar-refractivity contribution in [2.45, 2.75) is 18.5 Å². The summed E-state index contributed by atoms with van der Waals surface area (Å²) in [5, 5.41) is 0. The van der Waals surface area contributed by atoms with Crippen LogP contribution in [0.4, 0.5) is 18.9 Å². The number of aromatic nitrogens is 1. The third-order valence-corrected chi connectivity index (χ3v) is 3.64. The van der Waals surface area contributed by atoms with Crippen LogP contribution in [-0.4, -0.2) is 16.8 Å². The molecule has 0 bridgehead atoms. The summed E-state index contributed by atoms with van der Waals surface area (Å²) in [6.45, 7) is -0.200. The first-order valence-electron chi connectivity index (χ1n) is 6.28. The zero-order valence-corrected chi connectivity index (χ0v) is 10.9. The zero-order chi connectivity index (χ0) is 15.2. The van der Waals surface area contributed by atoms with Crippen LogP contribution in [0.5, 0.6) is 0 Å². The number of benzene rings is 1. The van der Waals surface area contributed by atoms with Crippen LogP contribution < -0.4 is 11.5 Å². The largest absolute Gasteiger partial charge is 0.399 e. The third kappa shape index (κ3) is 1.96. The van der Waals surface area contributed by atoms with Crippen LogP contribution in [0.3, 0.4) is 0 Å². The Morgan fingerprint density at radius 3 is 2.71 bits per heavy atom. The summed E-state index contributed by atoms with van der Waals surface area (Å²) < 4.78 is 43.1. The molecule has 1 atom stereocenters. The molecule has 0 amide bonds. The number of nitrogen functional groups attached to an aromatic ring is 1. The van der Waals surface area contributed by atoms with E-state index in [2.05, 4.69) is 4.99 Å². The predicted molar refractivity (Wildman–Crippen MR) is 73.7 cm³/mol. The lowest BCUT2D eigenvalue weighted by Gasteiger charge is -2.34. The summed E-state index contributed by atoms with van der Waals surface area (Å²) in [6, 6.07) is 6.91. The van der Waals surface area contributed by atoms with E-state index >= 15 is 0 Å². The molecule has 4 N–H and O–H groups in total. The molecule has 0 spiro atoms. The van der Waals surface area contributed by atoms with Gasteiger partial charge in [-0.25, -0.2) is 18.2 Å². The Labute approximate surface area is 118 Å². The zero-order valence-electron chi connectivity index (χ0n) is 10.9. The van der Waals surface area contributed by atoms with E-state index in [-0.39, 0.29) is 23.6 Å². The molecule has 0 aliphatic carbocycles. The second-order valence-electron chi connectivity index (χ2n) is 4.98. The second-order valence-corrected chi connectivity index (χ2v) is 4.98. The van der Waals surface area contributed by atoms with Crippen molar-refractivity contribution < 1.29 is 13.2 Å². The van der Waals surface area contributed by atoms with E-state index < -0.39 is 17.8 Å². The maximum absolute atomic E-state index is 14.1. The number of fused-ring (bicyclic) bond motifs is 1. The Kier molecular flexibility index (Phi) is 2.93. The lowest BCUT2D eigenvalue weighted by molar-refractivity contribution is 0.0387. The molecule has 2 aromatic rings. The summed E-state index contributed by atoms with van der Waals surface area (Å²) >= 11 is 0. The maximum atomic E-state index is 14.1. The van der Waals surface area contributed by atoms with Crippen LogP contribution in [0.25, 0.3) is 0 Å². The number of anilines is 1. The van der Waals surface area contributed by atoms with Gasteiger partial charge in [-0.3, -0.25) is 0 Å². The number of nitrogens with zero attached hydrogens (tertiary/aromatic N) is 2. The van der Waals surface area contributed by atoms with Gasteiger partial charge in [0.15, 0.2) is 5.54 Å². The highest BCUT2D eigenvalue weighted by Gasteiger charge is 2.46. The van der Waals surface area contributed by atoms with Gasteiger partial charge in [-0.15, -0.1) is 0 Å². The summed E-state index contributed by atoms with van der Waals surface area (Å²) in [4.78, 5) is 3.93. The first-order valence-corrected chi connectivity index (χ1v) is 6.28. The fourth-order valence-corrected chi connectivity index (χ4v) is 2.61. The van der Waals surface area contributed by atoms with Gasteiger partial charge in [0.1, 0.15) is 11.7 Å². The van der Waals surface area contributed by atoms with Crippen molar-refractivity contribution in [3.05, 3.63) is 53.6 Å². The van der Waals surface area contributed by atoms with Gasteiger partial charge in [-0.1, -0.05) is 0 Å². The minimum Gasteiger partial charge on any atom is -0.399 e. The Hall–Kier alpha value is -2.44. The summed E-state index contributed by atoms with van der Waals surface area (Å²) in [7, 11) is 0. The molecule has 2 heterocycles. The van der Waals surface area contributed by atoms with Gasteiger partial charge in [0, 0.05) is 17.4 Å². The monoisotopic (exact) mass is 294 g/mol. The Morgan fingerprint density at radius 1 is 1.24 bits per heavy atom. The second kappa shape index (κ2) is 4.54. The number of alkyl halides is 2. The molecular weight excluding hydrogens is 281 g/mol. The average Bonchev–Trinajstić information content (AvgIpc) is 2.89. The molecule has 1 aliphatic rings. The molecule has 1 aliphatic heterocycles. The Bertz CT molecular complexity index is 723. The van der Waals surface area contributed by atoms with E-state index in [0.717, 1.165) is 6.07 Å². The predicted octanol–water partition coefficient (Wildman–Crippen LogP) is 2.09. The first kappa shape index (κ1) is 13.5. The number of aliphatic imine (C=N–C) groups is 1. The number of hydrogen-bond acceptors (Lipinski definition) is 3. The van der Waals surface area contributed by atoms with Crippen LogP contribution in [0.1, 0.15) is 11.3 Å². The van der Waals surface area contributed by atoms with E-state index in [4.69, 9.17) is 11.5 Å². The molecule has 7 heteroatoms. The van der Waals surface area contributed by atoms with E-state index in [0.29, 0.717) is 5.69 Å². The van der Waals surface area contributed by atoms with E-state index in [1.54, 1.807) is 18.3 Å². The summed E-state index contributed by atoms with van der Waals surface area (Å²) in [6.07, 6.45) is -1.32. The highest BCUT2D eigenvalue weighted by molar-refractivity contribution is 5.97. The lowest BCUT2D eigenvalue weighted by Crippen LogP contribution is -2.44. The number of amidine groups is 1. The van der Waals surface area contributed by atoms with Gasteiger partial charge in [-0.05, 0) is 30.3 Å². The molecule has 0 radical (unpaired) electrons. The Morgan fingerprint density at radius 2 is 2.00 bits per heavy atom. The van der Waals surface area contributed by atoms with Gasteiger partial charge in [-0.2, -0.15) is 0 Å². The molecule has 0 saturated carbocycles. The fraction of sp³-hybridized carbons (Fsp3) is 0.214. The maximum Gasteiger partial charge on any atom is 0.269 e. The topological polar surface area (TPSA) is 69.3 Å². The van der Waals surface area contributed by atoms with Crippen LogP contribution in [0.2, 0.25) is 0 Å². The molecule has 1 unspecified atom stereocenters. The highest BCUT2D eigenvalue weighted by Crippen LogP contribution is 2.39. The number of halogens is 3. The van der Waals surface area contributed by atoms with Crippen molar-refractivity contribution in [1.29, 1.82) is 0 Å². The van der Waals surface area contributed by atoms with E-state index in [1.807, 2.05) is 0 Å². The SMILES string of the molecule is NC1=NC(c2cc(N)ccc2F)(C(F)F)Cn2cccc21. The van der Waals surface area contributed by atoms with Gasteiger partial charge >= 0.3 is 0 Å². The Balaban J connectivity index is 2.23. The van der Waals surface area contributed by atoms with Crippen molar-refractivity contribution in [2.24, 2.45) is 10.7 Å². The molecule has 3 rings (SSSR count). The van der Waals surface area contributed by atoms with Crippen LogP contribution in [-0.2, 0) is 12.1 Å². The first-order chi connectivity index (χ1) is 9.94. The smallest absolute Gasteiger partial charge is 0.269 e. The normalized spacial score (nSPS) is 21.2. The number of nitrogens with two attached hydrogens (primary N) is 2. The standard InChI is InChI=1S/C14H13F3N4/c15-10-4-3-8(18)6-9(10)14(13(16)17)7-21-5-1-2-11(21)12(19)20-14/h1-6,13H,7,18H2,(H2,19,20). The van der Waals surface area contributed by atoms with E-state index in [9.17, 15) is 13.2 Å². The van der Waals surface area contributed by atoms with Crippen molar-refractivity contribution in [1.82, 2.24) is 4.57 Å².